The van der Waals surface area contributed by atoms with E-state index in [4.69, 9.17) is 13.9 Å². The van der Waals surface area contributed by atoms with Gasteiger partial charge in [-0.15, -0.1) is 0 Å². The highest BCUT2D eigenvalue weighted by atomic mass is 16.6. The Kier molecular flexibility index (Phi) is 3.67. The lowest BCUT2D eigenvalue weighted by molar-refractivity contribution is -0.133. The minimum absolute atomic E-state index is 0.184. The van der Waals surface area contributed by atoms with E-state index in [1.165, 1.54) is 6.92 Å². The van der Waals surface area contributed by atoms with E-state index in [0.29, 0.717) is 12.4 Å². The van der Waals surface area contributed by atoms with Gasteiger partial charge >= 0.3 is 5.97 Å². The Hall–Kier alpha value is -2.23. The molecule has 18 heavy (non-hydrogen) atoms. The van der Waals surface area contributed by atoms with Gasteiger partial charge in [-0.05, 0) is 25.1 Å². The highest BCUT2D eigenvalue weighted by molar-refractivity contribution is 5.70. The third kappa shape index (κ3) is 2.71. The van der Waals surface area contributed by atoms with E-state index in [9.17, 15) is 4.79 Å². The molecule has 4 heteroatoms. The summed E-state index contributed by atoms with van der Waals surface area (Å²) in [7, 11) is 0. The first-order chi connectivity index (χ1) is 8.70. The van der Waals surface area contributed by atoms with Crippen molar-refractivity contribution in [3.05, 3.63) is 36.4 Å². The molecule has 1 aromatic carbocycles. The summed E-state index contributed by atoms with van der Waals surface area (Å²) in [5.74, 6) is 1.12. The van der Waals surface area contributed by atoms with Gasteiger partial charge < -0.3 is 13.9 Å². The third-order valence-corrected chi connectivity index (χ3v) is 2.28. The van der Waals surface area contributed by atoms with Gasteiger partial charge in [0, 0.05) is 13.0 Å². The summed E-state index contributed by atoms with van der Waals surface area (Å²) in [6.07, 6.45) is 0. The summed E-state index contributed by atoms with van der Waals surface area (Å²) in [5, 5.41) is 0. The van der Waals surface area contributed by atoms with Crippen molar-refractivity contribution < 1.29 is 18.7 Å². The predicted octanol–water partition coefficient (Wildman–Crippen LogP) is 3.27. The van der Waals surface area contributed by atoms with Gasteiger partial charge in [0.1, 0.15) is 11.5 Å². The lowest BCUT2D eigenvalue weighted by Gasteiger charge is -2.07. The standard InChI is InChI=1S/C14H14O4/c1-3-16-12-7-5-4-6-11(12)13-8-9-14(18-13)17-10(2)15/h4-9H,3H2,1-2H3. The minimum atomic E-state index is -0.408. The predicted molar refractivity (Wildman–Crippen MR) is 66.6 cm³/mol. The normalized spacial score (nSPS) is 10.1. The number of benzene rings is 1. The molecule has 0 radical (unpaired) electrons. The Balaban J connectivity index is 2.30. The largest absolute Gasteiger partial charge is 0.493 e. The van der Waals surface area contributed by atoms with Gasteiger partial charge in [-0.25, -0.2) is 0 Å². The average molecular weight is 246 g/mol. The molecule has 94 valence electrons. The summed E-state index contributed by atoms with van der Waals surface area (Å²) in [6, 6.07) is 10.9. The van der Waals surface area contributed by atoms with Crippen LogP contribution in [0, 0.1) is 0 Å². The summed E-state index contributed by atoms with van der Waals surface area (Å²) in [4.78, 5) is 10.8. The van der Waals surface area contributed by atoms with Crippen molar-refractivity contribution in [2.45, 2.75) is 13.8 Å². The number of para-hydroxylation sites is 1. The molecule has 0 fully saturated rings. The Bertz CT molecular complexity index is 542. The molecule has 0 aliphatic rings. The number of ether oxygens (including phenoxy) is 2. The third-order valence-electron chi connectivity index (χ3n) is 2.28. The summed E-state index contributed by atoms with van der Waals surface area (Å²) in [5.41, 5.74) is 0.831. The van der Waals surface area contributed by atoms with Gasteiger partial charge in [0.15, 0.2) is 0 Å². The van der Waals surface area contributed by atoms with Crippen molar-refractivity contribution in [1.82, 2.24) is 0 Å². The number of carbonyl (C=O) groups excluding carboxylic acids is 1. The molecule has 0 unspecified atom stereocenters. The van der Waals surface area contributed by atoms with Crippen LogP contribution in [0.15, 0.2) is 40.8 Å². The highest BCUT2D eigenvalue weighted by Crippen LogP contribution is 2.33. The summed E-state index contributed by atoms with van der Waals surface area (Å²) >= 11 is 0. The van der Waals surface area contributed by atoms with Gasteiger partial charge in [-0.3, -0.25) is 4.79 Å². The van der Waals surface area contributed by atoms with Crippen LogP contribution in [0.1, 0.15) is 13.8 Å². The molecular formula is C14H14O4. The zero-order chi connectivity index (χ0) is 13.0. The molecule has 0 aliphatic heterocycles. The fourth-order valence-electron chi connectivity index (χ4n) is 1.61. The molecule has 1 heterocycles. The van der Waals surface area contributed by atoms with Crippen LogP contribution < -0.4 is 9.47 Å². The van der Waals surface area contributed by atoms with E-state index in [-0.39, 0.29) is 5.95 Å². The lowest BCUT2D eigenvalue weighted by atomic mass is 10.1. The molecule has 1 aromatic heterocycles. The van der Waals surface area contributed by atoms with Crippen molar-refractivity contribution in [1.29, 1.82) is 0 Å². The van der Waals surface area contributed by atoms with Gasteiger partial charge in [-0.2, -0.15) is 0 Å². The van der Waals surface area contributed by atoms with Crippen LogP contribution in [-0.2, 0) is 4.79 Å². The zero-order valence-electron chi connectivity index (χ0n) is 10.3. The van der Waals surface area contributed by atoms with E-state index in [0.717, 1.165) is 11.3 Å². The SMILES string of the molecule is CCOc1ccccc1-c1ccc(OC(C)=O)o1. The topological polar surface area (TPSA) is 48.7 Å². The second-order valence-corrected chi connectivity index (χ2v) is 3.64. The first kappa shape index (κ1) is 12.2. The molecule has 4 nitrogen and oxygen atoms in total. The summed E-state index contributed by atoms with van der Waals surface area (Å²) < 4.78 is 15.8. The van der Waals surface area contributed by atoms with Crippen LogP contribution in [0.5, 0.6) is 11.7 Å². The summed E-state index contributed by atoms with van der Waals surface area (Å²) in [6.45, 7) is 3.83. The van der Waals surface area contributed by atoms with E-state index in [1.54, 1.807) is 12.1 Å². The Labute approximate surface area is 105 Å². The van der Waals surface area contributed by atoms with Crippen molar-refractivity contribution in [3.63, 3.8) is 0 Å². The number of rotatable bonds is 4. The van der Waals surface area contributed by atoms with Crippen LogP contribution in [0.2, 0.25) is 0 Å². The number of furan rings is 1. The lowest BCUT2D eigenvalue weighted by Crippen LogP contribution is -1.99. The second kappa shape index (κ2) is 5.40. The maximum absolute atomic E-state index is 10.8. The van der Waals surface area contributed by atoms with Crippen LogP contribution in [-0.4, -0.2) is 12.6 Å². The maximum atomic E-state index is 10.8. The van der Waals surface area contributed by atoms with E-state index in [2.05, 4.69) is 0 Å². The molecule has 2 aromatic rings. The monoisotopic (exact) mass is 246 g/mol. The number of hydrogen-bond donors (Lipinski definition) is 0. The molecule has 0 atom stereocenters. The molecule has 0 saturated heterocycles. The Morgan fingerprint density at radius 2 is 2.00 bits per heavy atom. The molecule has 0 amide bonds. The van der Waals surface area contributed by atoms with Crippen LogP contribution in [0.3, 0.4) is 0 Å². The molecule has 0 N–H and O–H groups in total. The maximum Gasteiger partial charge on any atom is 0.310 e. The number of esters is 1. The van der Waals surface area contributed by atoms with Gasteiger partial charge in [0.2, 0.25) is 0 Å². The quantitative estimate of drug-likeness (QED) is 0.777. The fourth-order valence-corrected chi connectivity index (χ4v) is 1.61. The van der Waals surface area contributed by atoms with Crippen LogP contribution >= 0.6 is 0 Å². The van der Waals surface area contributed by atoms with Crippen molar-refractivity contribution in [3.8, 4) is 23.0 Å². The van der Waals surface area contributed by atoms with Crippen LogP contribution in [0.4, 0.5) is 0 Å². The Morgan fingerprint density at radius 1 is 1.22 bits per heavy atom. The molecule has 2 rings (SSSR count). The molecule has 0 spiro atoms. The van der Waals surface area contributed by atoms with Crippen LogP contribution in [0.25, 0.3) is 11.3 Å². The van der Waals surface area contributed by atoms with Crippen molar-refractivity contribution in [2.24, 2.45) is 0 Å². The number of carbonyl (C=O) groups is 1. The first-order valence-corrected chi connectivity index (χ1v) is 5.71. The number of hydrogen-bond acceptors (Lipinski definition) is 4. The van der Waals surface area contributed by atoms with E-state index < -0.39 is 5.97 Å². The second-order valence-electron chi connectivity index (χ2n) is 3.64. The molecule has 0 bridgehead atoms. The minimum Gasteiger partial charge on any atom is -0.493 e. The Morgan fingerprint density at radius 3 is 2.72 bits per heavy atom. The zero-order valence-corrected chi connectivity index (χ0v) is 10.3. The molecule has 0 saturated carbocycles. The van der Waals surface area contributed by atoms with E-state index >= 15 is 0 Å². The van der Waals surface area contributed by atoms with Gasteiger partial charge in [0.05, 0.1) is 12.2 Å². The highest BCUT2D eigenvalue weighted by Gasteiger charge is 2.11. The van der Waals surface area contributed by atoms with Crippen molar-refractivity contribution >= 4 is 5.97 Å². The smallest absolute Gasteiger partial charge is 0.310 e. The van der Waals surface area contributed by atoms with Gasteiger partial charge in [-0.1, -0.05) is 12.1 Å². The average Bonchev–Trinajstić information content (AvgIpc) is 2.77. The fraction of sp³-hybridized carbons (Fsp3) is 0.214. The van der Waals surface area contributed by atoms with Crippen molar-refractivity contribution in [2.75, 3.05) is 6.61 Å². The first-order valence-electron chi connectivity index (χ1n) is 5.71. The molecule has 0 aliphatic carbocycles. The van der Waals surface area contributed by atoms with Gasteiger partial charge in [0.25, 0.3) is 5.95 Å². The molecular weight excluding hydrogens is 232 g/mol. The van der Waals surface area contributed by atoms with E-state index in [1.807, 2.05) is 31.2 Å².